The van der Waals surface area contributed by atoms with E-state index in [0.29, 0.717) is 16.9 Å². The fourth-order valence-electron chi connectivity index (χ4n) is 2.61. The van der Waals surface area contributed by atoms with Crippen LogP contribution >= 0.6 is 15.9 Å². The smallest absolute Gasteiger partial charge is 0.268 e. The molecule has 2 aromatic rings. The first-order chi connectivity index (χ1) is 14.3. The average molecular weight is 476 g/mol. The molecule has 0 bridgehead atoms. The molecule has 0 fully saturated rings. The number of carbonyl (C=O) groups is 2. The molecule has 0 aliphatic rings. The second-order valence-electron chi connectivity index (χ2n) is 7.02. The van der Waals surface area contributed by atoms with Crippen molar-refractivity contribution < 1.29 is 14.3 Å². The van der Waals surface area contributed by atoms with Crippen molar-refractivity contribution >= 4 is 27.7 Å². The van der Waals surface area contributed by atoms with Gasteiger partial charge in [-0.15, -0.1) is 0 Å². The minimum Gasteiger partial charge on any atom is -0.483 e. The van der Waals surface area contributed by atoms with Gasteiger partial charge in [-0.25, -0.2) is 0 Å². The molecule has 0 spiro atoms. The molecule has 2 rings (SSSR count). The summed E-state index contributed by atoms with van der Waals surface area (Å²) in [6.45, 7) is 6.66. The Kier molecular flexibility index (Phi) is 8.86. The summed E-state index contributed by atoms with van der Waals surface area (Å²) < 4.78 is 6.05. The Morgan fingerprint density at radius 2 is 1.83 bits per heavy atom. The molecule has 160 valence electrons. The first-order valence-corrected chi connectivity index (χ1v) is 10.4. The average Bonchev–Trinajstić information content (AvgIpc) is 2.70. The Morgan fingerprint density at radius 3 is 2.50 bits per heavy atom. The zero-order chi connectivity index (χ0) is 22.1. The van der Waals surface area contributed by atoms with E-state index in [-0.39, 0.29) is 36.2 Å². The van der Waals surface area contributed by atoms with Gasteiger partial charge in [0, 0.05) is 13.1 Å². The topological polar surface area (TPSA) is 100 Å². The molecule has 3 N–H and O–H groups in total. The maximum atomic E-state index is 12.0. The molecular formula is C22H26BrN3O4. The zero-order valence-corrected chi connectivity index (χ0v) is 18.8. The number of aromatic nitrogens is 1. The van der Waals surface area contributed by atoms with Crippen molar-refractivity contribution in [3.63, 3.8) is 0 Å². The van der Waals surface area contributed by atoms with Gasteiger partial charge in [0.25, 0.3) is 17.4 Å². The summed E-state index contributed by atoms with van der Waals surface area (Å²) in [6.07, 6.45) is 3.45. The maximum Gasteiger partial charge on any atom is 0.268 e. The number of aryl methyl sites for hydroxylation is 1. The molecular weight excluding hydrogens is 450 g/mol. The van der Waals surface area contributed by atoms with Crippen LogP contribution in [0, 0.1) is 6.92 Å². The molecule has 0 unspecified atom stereocenters. The van der Waals surface area contributed by atoms with Gasteiger partial charge in [-0.2, -0.15) is 0 Å². The second-order valence-corrected chi connectivity index (χ2v) is 7.87. The third-order valence-electron chi connectivity index (χ3n) is 4.22. The number of aromatic amines is 1. The van der Waals surface area contributed by atoms with Crippen LogP contribution < -0.4 is 20.9 Å². The van der Waals surface area contributed by atoms with Crippen molar-refractivity contribution in [1.82, 2.24) is 15.6 Å². The highest BCUT2D eigenvalue weighted by Gasteiger charge is 2.10. The van der Waals surface area contributed by atoms with Crippen LogP contribution in [-0.2, 0) is 4.79 Å². The minimum absolute atomic E-state index is 0.0648. The summed E-state index contributed by atoms with van der Waals surface area (Å²) in [5.74, 6) is 0.412. The van der Waals surface area contributed by atoms with E-state index in [1.165, 1.54) is 12.1 Å². The van der Waals surface area contributed by atoms with E-state index in [1.54, 1.807) is 12.2 Å². The van der Waals surface area contributed by atoms with Crippen LogP contribution in [0.4, 0.5) is 0 Å². The normalized spacial score (nSPS) is 11.0. The molecule has 1 heterocycles. The zero-order valence-electron chi connectivity index (χ0n) is 17.3. The van der Waals surface area contributed by atoms with Crippen molar-refractivity contribution in [2.45, 2.75) is 26.7 Å². The van der Waals surface area contributed by atoms with Gasteiger partial charge >= 0.3 is 0 Å². The molecule has 0 radical (unpaired) electrons. The number of carbonyl (C=O) groups excluding carboxylic acids is 2. The molecule has 0 saturated heterocycles. The SMILES string of the molecule is Cc1ccc(C(C)C)c(OCC(=O)NC/C=C\CNC(=O)c2ccc(Br)c(=O)[nH]2)c1. The Morgan fingerprint density at radius 1 is 1.13 bits per heavy atom. The van der Waals surface area contributed by atoms with Gasteiger partial charge in [-0.05, 0) is 58.1 Å². The summed E-state index contributed by atoms with van der Waals surface area (Å²) in [6, 6.07) is 9.02. The Labute approximate surface area is 184 Å². The van der Waals surface area contributed by atoms with Crippen LogP contribution in [-0.4, -0.2) is 36.5 Å². The third kappa shape index (κ3) is 7.18. The van der Waals surface area contributed by atoms with Gasteiger partial charge in [0.05, 0.1) is 4.47 Å². The van der Waals surface area contributed by atoms with Crippen LogP contribution in [0.2, 0.25) is 0 Å². The Balaban J connectivity index is 1.71. The third-order valence-corrected chi connectivity index (χ3v) is 4.84. The van der Waals surface area contributed by atoms with Crippen LogP contribution in [0.15, 0.2) is 51.8 Å². The molecule has 1 aromatic heterocycles. The van der Waals surface area contributed by atoms with Gasteiger partial charge in [0.1, 0.15) is 11.4 Å². The predicted molar refractivity (Wildman–Crippen MR) is 120 cm³/mol. The number of ether oxygens (including phenoxy) is 1. The van der Waals surface area contributed by atoms with Crippen molar-refractivity contribution in [2.75, 3.05) is 19.7 Å². The van der Waals surface area contributed by atoms with E-state index < -0.39 is 0 Å². The van der Waals surface area contributed by atoms with E-state index in [9.17, 15) is 14.4 Å². The predicted octanol–water partition coefficient (Wildman–Crippen LogP) is 3.05. The molecule has 0 atom stereocenters. The Bertz CT molecular complexity index is 983. The van der Waals surface area contributed by atoms with Gasteiger partial charge < -0.3 is 20.4 Å². The van der Waals surface area contributed by atoms with Gasteiger partial charge in [-0.1, -0.05) is 38.1 Å². The van der Waals surface area contributed by atoms with E-state index >= 15 is 0 Å². The van der Waals surface area contributed by atoms with E-state index in [4.69, 9.17) is 4.74 Å². The first-order valence-electron chi connectivity index (χ1n) is 9.60. The quantitative estimate of drug-likeness (QED) is 0.485. The highest BCUT2D eigenvalue weighted by molar-refractivity contribution is 9.10. The lowest BCUT2D eigenvalue weighted by Gasteiger charge is -2.14. The summed E-state index contributed by atoms with van der Waals surface area (Å²) in [4.78, 5) is 37.9. The number of H-pyrrole nitrogens is 1. The van der Waals surface area contributed by atoms with Crippen LogP contribution in [0.5, 0.6) is 5.75 Å². The molecule has 7 nitrogen and oxygen atoms in total. The molecule has 1 aromatic carbocycles. The minimum atomic E-state index is -0.388. The van der Waals surface area contributed by atoms with Crippen LogP contribution in [0.1, 0.15) is 41.4 Å². The number of pyridine rings is 1. The fraction of sp³-hybridized carbons (Fsp3) is 0.318. The lowest BCUT2D eigenvalue weighted by Crippen LogP contribution is -2.29. The number of hydrogen-bond acceptors (Lipinski definition) is 4. The molecule has 2 amide bonds. The Hall–Kier alpha value is -2.87. The van der Waals surface area contributed by atoms with Crippen molar-refractivity contribution in [1.29, 1.82) is 0 Å². The van der Waals surface area contributed by atoms with Gasteiger partial charge in [0.2, 0.25) is 0 Å². The van der Waals surface area contributed by atoms with Crippen molar-refractivity contribution in [3.8, 4) is 5.75 Å². The molecule has 30 heavy (non-hydrogen) atoms. The number of rotatable bonds is 9. The number of benzene rings is 1. The van der Waals surface area contributed by atoms with Gasteiger partial charge in [0.15, 0.2) is 6.61 Å². The van der Waals surface area contributed by atoms with E-state index in [2.05, 4.69) is 45.4 Å². The van der Waals surface area contributed by atoms with Crippen LogP contribution in [0.3, 0.4) is 0 Å². The number of amides is 2. The fourth-order valence-corrected chi connectivity index (χ4v) is 2.84. The van der Waals surface area contributed by atoms with Crippen molar-refractivity contribution in [2.24, 2.45) is 0 Å². The molecule has 0 saturated carbocycles. The van der Waals surface area contributed by atoms with E-state index in [1.807, 2.05) is 25.1 Å². The van der Waals surface area contributed by atoms with Crippen molar-refractivity contribution in [3.05, 3.63) is 74.1 Å². The summed E-state index contributed by atoms with van der Waals surface area (Å²) in [5, 5.41) is 5.39. The maximum absolute atomic E-state index is 12.0. The number of halogens is 1. The second kappa shape index (κ2) is 11.3. The number of hydrogen-bond donors (Lipinski definition) is 3. The lowest BCUT2D eigenvalue weighted by molar-refractivity contribution is -0.122. The summed E-state index contributed by atoms with van der Waals surface area (Å²) >= 11 is 3.08. The standard InChI is InChI=1S/C22H26BrN3O4/c1-14(2)16-7-6-15(3)12-19(16)30-13-20(27)24-10-4-5-11-25-22(29)18-9-8-17(23)21(28)26-18/h4-9,12,14H,10-11,13H2,1-3H3,(H,24,27)(H,25,29)(H,26,28)/b5-4-. The van der Waals surface area contributed by atoms with Crippen LogP contribution in [0.25, 0.3) is 0 Å². The van der Waals surface area contributed by atoms with E-state index in [0.717, 1.165) is 16.9 Å². The molecule has 0 aliphatic carbocycles. The monoisotopic (exact) mass is 475 g/mol. The summed E-state index contributed by atoms with van der Waals surface area (Å²) in [7, 11) is 0. The number of nitrogens with one attached hydrogen (secondary N) is 3. The highest BCUT2D eigenvalue weighted by Crippen LogP contribution is 2.27. The highest BCUT2D eigenvalue weighted by atomic mass is 79.9. The largest absolute Gasteiger partial charge is 0.483 e. The lowest BCUT2D eigenvalue weighted by atomic mass is 10.0. The molecule has 8 heteroatoms. The first kappa shape index (κ1) is 23.4. The van der Waals surface area contributed by atoms with Gasteiger partial charge in [-0.3, -0.25) is 14.4 Å². The molecule has 0 aliphatic heterocycles. The summed E-state index contributed by atoms with van der Waals surface area (Å²) in [5.41, 5.74) is 1.96.